The first-order valence-corrected chi connectivity index (χ1v) is 23.6. The number of rotatable bonds is 43. The van der Waals surface area contributed by atoms with Crippen molar-refractivity contribution in [2.75, 3.05) is 6.61 Å². The van der Waals surface area contributed by atoms with Gasteiger partial charge in [-0.25, -0.2) is 0 Å². The van der Waals surface area contributed by atoms with Crippen LogP contribution in [0.4, 0.5) is 0 Å². The third-order valence-corrected chi connectivity index (χ3v) is 10.9. The van der Waals surface area contributed by atoms with Gasteiger partial charge in [0.1, 0.15) is 0 Å². The average molecular weight is 732 g/mol. The third kappa shape index (κ3) is 40.1. The van der Waals surface area contributed by atoms with E-state index < -0.39 is 12.1 Å². The average Bonchev–Trinajstić information content (AvgIpc) is 3.15. The first kappa shape index (κ1) is 50.9. The van der Waals surface area contributed by atoms with Crippen molar-refractivity contribution in [1.82, 2.24) is 5.32 Å². The van der Waals surface area contributed by atoms with Gasteiger partial charge in [0, 0.05) is 6.42 Å². The SMILES string of the molecule is CCCCCCCCCCC/C=C\CCCCCCCCCC(=O)NC(CO)C(O)/C=C/CCCCCCCCCCCCCCCCCCCC. The number of hydrogen-bond donors (Lipinski definition) is 3. The third-order valence-electron chi connectivity index (χ3n) is 10.9. The first-order valence-electron chi connectivity index (χ1n) is 23.6. The zero-order chi connectivity index (χ0) is 37.8. The Kier molecular flexibility index (Phi) is 43.3. The summed E-state index contributed by atoms with van der Waals surface area (Å²) in [6.07, 6.45) is 57.2. The van der Waals surface area contributed by atoms with E-state index in [1.165, 1.54) is 212 Å². The molecule has 0 spiro atoms. The van der Waals surface area contributed by atoms with Crippen LogP contribution >= 0.6 is 0 Å². The van der Waals surface area contributed by atoms with Crippen LogP contribution in [0, 0.1) is 0 Å². The van der Waals surface area contributed by atoms with Crippen molar-refractivity contribution in [1.29, 1.82) is 0 Å². The summed E-state index contributed by atoms with van der Waals surface area (Å²) in [5, 5.41) is 23.1. The van der Waals surface area contributed by atoms with Gasteiger partial charge >= 0.3 is 0 Å². The number of carbonyl (C=O) groups is 1. The summed E-state index contributed by atoms with van der Waals surface area (Å²) < 4.78 is 0. The standard InChI is InChI=1S/C48H93NO3/c1-3-5-7-9-11-13-15-17-19-21-23-25-27-29-31-33-35-37-39-41-43-47(51)46(45-50)49-48(52)44-42-40-38-36-34-32-30-28-26-24-22-20-18-16-14-12-10-8-6-4-2/h24,26,41,43,46-47,50-51H,3-23,25,27-40,42,44-45H2,1-2H3,(H,49,52)/b26-24-,43-41+. The number of unbranched alkanes of at least 4 members (excludes halogenated alkanes) is 34. The summed E-state index contributed by atoms with van der Waals surface area (Å²) in [7, 11) is 0. The van der Waals surface area contributed by atoms with Crippen LogP contribution in [-0.2, 0) is 4.79 Å². The van der Waals surface area contributed by atoms with Gasteiger partial charge in [-0.05, 0) is 44.9 Å². The molecule has 0 aliphatic rings. The molecule has 308 valence electrons. The molecule has 2 unspecified atom stereocenters. The van der Waals surface area contributed by atoms with E-state index in [9.17, 15) is 15.0 Å². The number of allylic oxidation sites excluding steroid dienone is 3. The van der Waals surface area contributed by atoms with Crippen LogP contribution in [-0.4, -0.2) is 34.9 Å². The predicted octanol–water partition coefficient (Wildman–Crippen LogP) is 14.8. The molecular weight excluding hydrogens is 639 g/mol. The fourth-order valence-corrected chi connectivity index (χ4v) is 7.29. The molecule has 52 heavy (non-hydrogen) atoms. The molecule has 0 aliphatic carbocycles. The number of aliphatic hydroxyl groups excluding tert-OH is 2. The minimum Gasteiger partial charge on any atom is -0.394 e. The van der Waals surface area contributed by atoms with Gasteiger partial charge in [-0.1, -0.05) is 231 Å². The van der Waals surface area contributed by atoms with E-state index in [1.54, 1.807) is 6.08 Å². The van der Waals surface area contributed by atoms with Crippen molar-refractivity contribution in [2.45, 2.75) is 270 Å². The van der Waals surface area contributed by atoms with Crippen LogP contribution in [0.25, 0.3) is 0 Å². The molecule has 0 saturated carbocycles. The van der Waals surface area contributed by atoms with Crippen LogP contribution < -0.4 is 5.32 Å². The quantitative estimate of drug-likeness (QED) is 0.0432. The highest BCUT2D eigenvalue weighted by Crippen LogP contribution is 2.16. The first-order chi connectivity index (χ1) is 25.7. The number of carbonyl (C=O) groups excluding carboxylic acids is 1. The van der Waals surface area contributed by atoms with Gasteiger partial charge in [-0.2, -0.15) is 0 Å². The van der Waals surface area contributed by atoms with Crippen molar-refractivity contribution in [3.05, 3.63) is 24.3 Å². The molecule has 0 aromatic heterocycles. The van der Waals surface area contributed by atoms with E-state index in [4.69, 9.17) is 0 Å². The van der Waals surface area contributed by atoms with E-state index in [0.717, 1.165) is 25.7 Å². The van der Waals surface area contributed by atoms with Gasteiger partial charge in [-0.15, -0.1) is 0 Å². The van der Waals surface area contributed by atoms with Gasteiger partial charge < -0.3 is 15.5 Å². The van der Waals surface area contributed by atoms with Gasteiger partial charge in [0.15, 0.2) is 0 Å². The van der Waals surface area contributed by atoms with Crippen molar-refractivity contribution < 1.29 is 15.0 Å². The highest BCUT2D eigenvalue weighted by molar-refractivity contribution is 5.76. The normalized spacial score (nSPS) is 13.1. The lowest BCUT2D eigenvalue weighted by Crippen LogP contribution is -2.45. The zero-order valence-corrected chi connectivity index (χ0v) is 35.3. The van der Waals surface area contributed by atoms with Crippen molar-refractivity contribution in [2.24, 2.45) is 0 Å². The maximum atomic E-state index is 12.4. The molecule has 0 fully saturated rings. The Morgan fingerprint density at radius 1 is 0.442 bits per heavy atom. The fraction of sp³-hybridized carbons (Fsp3) is 0.896. The maximum absolute atomic E-state index is 12.4. The second kappa shape index (κ2) is 44.3. The van der Waals surface area contributed by atoms with Crippen molar-refractivity contribution in [3.63, 3.8) is 0 Å². The molecule has 0 aromatic carbocycles. The zero-order valence-electron chi connectivity index (χ0n) is 35.3. The van der Waals surface area contributed by atoms with Gasteiger partial charge in [0.25, 0.3) is 0 Å². The van der Waals surface area contributed by atoms with E-state index in [0.29, 0.717) is 6.42 Å². The van der Waals surface area contributed by atoms with Crippen LogP contribution in [0.1, 0.15) is 258 Å². The molecule has 4 nitrogen and oxygen atoms in total. The van der Waals surface area contributed by atoms with Gasteiger partial charge in [-0.3, -0.25) is 4.79 Å². The Balaban J connectivity index is 3.54. The summed E-state index contributed by atoms with van der Waals surface area (Å²) in [6.45, 7) is 4.33. The second-order valence-corrected chi connectivity index (χ2v) is 16.2. The summed E-state index contributed by atoms with van der Waals surface area (Å²) >= 11 is 0. The van der Waals surface area contributed by atoms with Crippen molar-refractivity contribution in [3.8, 4) is 0 Å². The molecule has 0 saturated heterocycles. The molecule has 0 heterocycles. The van der Waals surface area contributed by atoms with E-state index in [-0.39, 0.29) is 12.5 Å². The summed E-state index contributed by atoms with van der Waals surface area (Å²) in [5.74, 6) is -0.0656. The Morgan fingerprint density at radius 3 is 1.06 bits per heavy atom. The topological polar surface area (TPSA) is 69.6 Å². The molecule has 3 N–H and O–H groups in total. The lowest BCUT2D eigenvalue weighted by Gasteiger charge is -2.20. The Bertz CT molecular complexity index is 750. The molecule has 0 aromatic rings. The maximum Gasteiger partial charge on any atom is 0.220 e. The number of nitrogens with one attached hydrogen (secondary N) is 1. The van der Waals surface area contributed by atoms with Crippen molar-refractivity contribution >= 4 is 5.91 Å². The predicted molar refractivity (Wildman–Crippen MR) is 230 cm³/mol. The fourth-order valence-electron chi connectivity index (χ4n) is 7.29. The lowest BCUT2D eigenvalue weighted by atomic mass is 10.0. The van der Waals surface area contributed by atoms with Gasteiger partial charge in [0.2, 0.25) is 5.91 Å². The molecule has 0 rings (SSSR count). The van der Waals surface area contributed by atoms with Crippen LogP contribution in [0.3, 0.4) is 0 Å². The molecule has 1 amide bonds. The number of amides is 1. The summed E-state index contributed by atoms with van der Waals surface area (Å²) in [6, 6.07) is -0.622. The highest BCUT2D eigenvalue weighted by Gasteiger charge is 2.17. The molecule has 4 heteroatoms. The monoisotopic (exact) mass is 732 g/mol. The molecular formula is C48H93NO3. The van der Waals surface area contributed by atoms with E-state index in [2.05, 4.69) is 31.3 Å². The second-order valence-electron chi connectivity index (χ2n) is 16.2. The summed E-state index contributed by atoms with van der Waals surface area (Å²) in [5.41, 5.74) is 0. The molecule has 0 aliphatic heterocycles. The number of aliphatic hydroxyl groups is 2. The largest absolute Gasteiger partial charge is 0.394 e. The number of hydrogen-bond acceptors (Lipinski definition) is 3. The molecule has 0 radical (unpaired) electrons. The minimum absolute atomic E-state index is 0.0656. The Labute approximate surface area is 326 Å². The van der Waals surface area contributed by atoms with E-state index >= 15 is 0 Å². The molecule has 0 bridgehead atoms. The smallest absolute Gasteiger partial charge is 0.220 e. The summed E-state index contributed by atoms with van der Waals surface area (Å²) in [4.78, 5) is 12.4. The van der Waals surface area contributed by atoms with E-state index in [1.807, 2.05) is 6.08 Å². The van der Waals surface area contributed by atoms with Gasteiger partial charge in [0.05, 0.1) is 18.8 Å². The van der Waals surface area contributed by atoms with Crippen LogP contribution in [0.5, 0.6) is 0 Å². The van der Waals surface area contributed by atoms with Crippen LogP contribution in [0.2, 0.25) is 0 Å². The molecule has 2 atom stereocenters. The van der Waals surface area contributed by atoms with Crippen LogP contribution in [0.15, 0.2) is 24.3 Å². The minimum atomic E-state index is -0.839. The Hall–Kier alpha value is -1.13. The Morgan fingerprint density at radius 2 is 0.731 bits per heavy atom. The lowest BCUT2D eigenvalue weighted by molar-refractivity contribution is -0.123. The highest BCUT2D eigenvalue weighted by atomic mass is 16.3.